The van der Waals surface area contributed by atoms with E-state index in [0.29, 0.717) is 16.7 Å². The molecule has 0 bridgehead atoms. The molecule has 0 unspecified atom stereocenters. The van der Waals surface area contributed by atoms with E-state index in [1.165, 1.54) is 0 Å². The second kappa shape index (κ2) is 4.76. The van der Waals surface area contributed by atoms with Crippen LogP contribution in [0.4, 0.5) is 0 Å². The number of aromatic nitrogens is 2. The van der Waals surface area contributed by atoms with Gasteiger partial charge >= 0.3 is 7.12 Å². The van der Waals surface area contributed by atoms with Crippen LogP contribution >= 0.6 is 0 Å². The molecule has 92 valence electrons. The molecule has 0 amide bonds. The molecule has 1 aromatic carbocycles. The maximum absolute atomic E-state index is 10.9. The Morgan fingerprint density at radius 2 is 1.83 bits per heavy atom. The lowest BCUT2D eigenvalue weighted by atomic mass is 9.80. The molecular formula is C12H13BN2O3. The van der Waals surface area contributed by atoms with Gasteiger partial charge < -0.3 is 10.0 Å². The lowest BCUT2D eigenvalue weighted by molar-refractivity contribution is 0.112. The van der Waals surface area contributed by atoms with Gasteiger partial charge in [0.1, 0.15) is 0 Å². The Morgan fingerprint density at radius 1 is 1.22 bits per heavy atom. The number of carbonyl (C=O) groups excluding carboxylic acids is 1. The predicted molar refractivity (Wildman–Crippen MR) is 68.3 cm³/mol. The first kappa shape index (κ1) is 12.5. The summed E-state index contributed by atoms with van der Waals surface area (Å²) in [7, 11) is -1.48. The van der Waals surface area contributed by atoms with Crippen LogP contribution in [0.5, 0.6) is 0 Å². The topological polar surface area (TPSA) is 75.3 Å². The van der Waals surface area contributed by atoms with E-state index < -0.39 is 7.12 Å². The van der Waals surface area contributed by atoms with E-state index in [0.717, 1.165) is 17.7 Å². The number of aryl methyl sites for hydroxylation is 1. The van der Waals surface area contributed by atoms with Gasteiger partial charge in [-0.25, -0.2) is 4.68 Å². The molecule has 2 aromatic rings. The van der Waals surface area contributed by atoms with Crippen molar-refractivity contribution in [1.29, 1.82) is 0 Å². The van der Waals surface area contributed by atoms with Crippen LogP contribution in [0.2, 0.25) is 0 Å². The van der Waals surface area contributed by atoms with Gasteiger partial charge in [-0.15, -0.1) is 0 Å². The molecule has 1 aromatic heterocycles. The van der Waals surface area contributed by atoms with Crippen LogP contribution < -0.4 is 5.46 Å². The number of rotatable bonds is 3. The van der Waals surface area contributed by atoms with Crippen molar-refractivity contribution in [2.24, 2.45) is 0 Å². The summed E-state index contributed by atoms with van der Waals surface area (Å²) in [4.78, 5) is 10.9. The van der Waals surface area contributed by atoms with E-state index in [2.05, 4.69) is 5.10 Å². The maximum Gasteiger partial charge on any atom is 0.488 e. The number of nitrogens with zero attached hydrogens (tertiary/aromatic N) is 2. The highest BCUT2D eigenvalue weighted by Gasteiger charge is 2.13. The molecule has 0 saturated heterocycles. The Balaban J connectivity index is 2.46. The highest BCUT2D eigenvalue weighted by atomic mass is 16.4. The fraction of sp³-hybridized carbons (Fsp3) is 0.167. The SMILES string of the molecule is Cc1nn(-c2ccc(B(O)O)cc2)c(C)c1C=O. The minimum absolute atomic E-state index is 0.413. The summed E-state index contributed by atoms with van der Waals surface area (Å²) >= 11 is 0. The van der Waals surface area contributed by atoms with E-state index in [9.17, 15) is 4.79 Å². The molecule has 0 aliphatic rings. The van der Waals surface area contributed by atoms with E-state index in [1.54, 1.807) is 35.9 Å². The van der Waals surface area contributed by atoms with Crippen molar-refractivity contribution in [3.8, 4) is 5.69 Å². The summed E-state index contributed by atoms with van der Waals surface area (Å²) in [5.74, 6) is 0. The van der Waals surface area contributed by atoms with E-state index in [-0.39, 0.29) is 0 Å². The maximum atomic E-state index is 10.9. The second-order valence-corrected chi connectivity index (χ2v) is 4.08. The van der Waals surface area contributed by atoms with Crippen molar-refractivity contribution in [1.82, 2.24) is 9.78 Å². The number of aldehydes is 1. The van der Waals surface area contributed by atoms with Crippen LogP contribution in [0.15, 0.2) is 24.3 Å². The Bertz CT molecular complexity index is 576. The normalized spacial score (nSPS) is 10.4. The van der Waals surface area contributed by atoms with Gasteiger partial charge in [0.05, 0.1) is 22.6 Å². The van der Waals surface area contributed by atoms with Crippen LogP contribution in [-0.4, -0.2) is 33.2 Å². The Morgan fingerprint density at radius 3 is 2.28 bits per heavy atom. The van der Waals surface area contributed by atoms with Crippen molar-refractivity contribution in [2.45, 2.75) is 13.8 Å². The van der Waals surface area contributed by atoms with E-state index in [4.69, 9.17) is 10.0 Å². The van der Waals surface area contributed by atoms with Crippen molar-refractivity contribution >= 4 is 18.9 Å². The molecule has 5 nitrogen and oxygen atoms in total. The highest BCUT2D eigenvalue weighted by Crippen LogP contribution is 2.15. The molecular weight excluding hydrogens is 231 g/mol. The minimum atomic E-state index is -1.48. The number of hydrogen-bond donors (Lipinski definition) is 2. The molecule has 0 radical (unpaired) electrons. The molecule has 0 aliphatic carbocycles. The number of hydrogen-bond acceptors (Lipinski definition) is 4. The lowest BCUT2D eigenvalue weighted by Crippen LogP contribution is -2.29. The third-order valence-electron chi connectivity index (χ3n) is 2.90. The fourth-order valence-corrected chi connectivity index (χ4v) is 1.86. The van der Waals surface area contributed by atoms with Gasteiger partial charge in [0.25, 0.3) is 0 Å². The average Bonchev–Trinajstić information content (AvgIpc) is 2.64. The molecule has 18 heavy (non-hydrogen) atoms. The minimum Gasteiger partial charge on any atom is -0.423 e. The predicted octanol–water partition coefficient (Wildman–Crippen LogP) is -0.0186. The standard InChI is InChI=1S/C12H13BN2O3/c1-8-12(7-16)9(2)15(14-8)11-5-3-10(4-6-11)13(17)18/h3-7,17-18H,1-2H3. The largest absolute Gasteiger partial charge is 0.488 e. The summed E-state index contributed by atoms with van der Waals surface area (Å²) in [6, 6.07) is 6.67. The molecule has 0 atom stereocenters. The summed E-state index contributed by atoms with van der Waals surface area (Å²) in [5, 5.41) is 22.3. The number of carbonyl (C=O) groups is 1. The van der Waals surface area contributed by atoms with Crippen LogP contribution in [-0.2, 0) is 0 Å². The Kier molecular flexibility index (Phi) is 3.31. The Hall–Kier alpha value is -1.92. The Labute approximate surface area is 105 Å². The van der Waals surface area contributed by atoms with Crippen molar-refractivity contribution in [3.05, 3.63) is 41.2 Å². The molecule has 2 rings (SSSR count). The number of benzene rings is 1. The molecule has 0 fully saturated rings. The van der Waals surface area contributed by atoms with Crippen LogP contribution in [0.3, 0.4) is 0 Å². The fourth-order valence-electron chi connectivity index (χ4n) is 1.86. The zero-order valence-electron chi connectivity index (χ0n) is 10.2. The highest BCUT2D eigenvalue weighted by molar-refractivity contribution is 6.58. The van der Waals surface area contributed by atoms with Crippen LogP contribution in [0.25, 0.3) is 5.69 Å². The molecule has 1 heterocycles. The van der Waals surface area contributed by atoms with Gasteiger partial charge in [0.15, 0.2) is 6.29 Å². The third kappa shape index (κ3) is 2.08. The first-order valence-electron chi connectivity index (χ1n) is 5.52. The van der Waals surface area contributed by atoms with Crippen LogP contribution in [0.1, 0.15) is 21.7 Å². The zero-order chi connectivity index (χ0) is 13.3. The first-order chi connectivity index (χ1) is 8.54. The van der Waals surface area contributed by atoms with Gasteiger partial charge in [-0.2, -0.15) is 5.10 Å². The quantitative estimate of drug-likeness (QED) is 0.587. The van der Waals surface area contributed by atoms with Crippen molar-refractivity contribution < 1.29 is 14.8 Å². The van der Waals surface area contributed by atoms with E-state index >= 15 is 0 Å². The summed E-state index contributed by atoms with van der Waals surface area (Å²) in [6.45, 7) is 3.59. The summed E-state index contributed by atoms with van der Waals surface area (Å²) < 4.78 is 1.66. The van der Waals surface area contributed by atoms with Gasteiger partial charge in [-0.3, -0.25) is 4.79 Å². The van der Waals surface area contributed by atoms with Crippen LogP contribution in [0, 0.1) is 13.8 Å². The third-order valence-corrected chi connectivity index (χ3v) is 2.90. The van der Waals surface area contributed by atoms with Gasteiger partial charge in [-0.05, 0) is 31.4 Å². The molecule has 6 heteroatoms. The molecule has 0 aliphatic heterocycles. The molecule has 0 spiro atoms. The average molecular weight is 244 g/mol. The van der Waals surface area contributed by atoms with E-state index in [1.807, 2.05) is 6.92 Å². The lowest BCUT2D eigenvalue weighted by Gasteiger charge is -2.05. The van der Waals surface area contributed by atoms with Crippen molar-refractivity contribution in [3.63, 3.8) is 0 Å². The summed E-state index contributed by atoms with van der Waals surface area (Å²) in [5.41, 5.74) is 3.21. The van der Waals surface area contributed by atoms with Crippen molar-refractivity contribution in [2.75, 3.05) is 0 Å². The van der Waals surface area contributed by atoms with Gasteiger partial charge in [-0.1, -0.05) is 12.1 Å². The second-order valence-electron chi connectivity index (χ2n) is 4.08. The summed E-state index contributed by atoms with van der Waals surface area (Å²) in [6.07, 6.45) is 0.792. The first-order valence-corrected chi connectivity index (χ1v) is 5.52. The smallest absolute Gasteiger partial charge is 0.423 e. The zero-order valence-corrected chi connectivity index (χ0v) is 10.2. The van der Waals surface area contributed by atoms with Gasteiger partial charge in [0.2, 0.25) is 0 Å². The molecule has 0 saturated carbocycles. The van der Waals surface area contributed by atoms with Gasteiger partial charge in [0, 0.05) is 0 Å². The molecule has 2 N–H and O–H groups in total. The monoisotopic (exact) mass is 244 g/mol.